The highest BCUT2D eigenvalue weighted by Crippen LogP contribution is 2.41. The number of rotatable bonds is 18. The van der Waals surface area contributed by atoms with E-state index in [1.54, 1.807) is 53.8 Å². The number of aromatic nitrogens is 1. The monoisotopic (exact) mass is 1210 g/mol. The molecule has 24 nitrogen and oxygen atoms in total. The molecule has 0 bridgehead atoms. The highest BCUT2D eigenvalue weighted by atomic mass is 16.7. The minimum absolute atomic E-state index is 0.00141. The van der Waals surface area contributed by atoms with Gasteiger partial charge in [-0.3, -0.25) is 14.4 Å². The number of aliphatic hydroxyl groups is 2. The minimum Gasteiger partial charge on any atom is -0.461 e. The topological polar surface area (TPSA) is 272 Å². The molecule has 5 aliphatic heterocycles. The summed E-state index contributed by atoms with van der Waals surface area (Å²) in [6.07, 6.45) is -12.1. The molecule has 0 radical (unpaired) electrons. The Kier molecular flexibility index (Phi) is 26.2. The fourth-order valence-corrected chi connectivity index (χ4v) is 12.7. The largest absolute Gasteiger partial charge is 0.461 e. The van der Waals surface area contributed by atoms with Crippen LogP contribution >= 0.6 is 0 Å². The molecule has 1 amide bonds. The maximum absolute atomic E-state index is 16.0. The van der Waals surface area contributed by atoms with Crippen molar-refractivity contribution in [1.82, 2.24) is 15.2 Å². The lowest BCUT2D eigenvalue weighted by molar-refractivity contribution is -0.305. The molecule has 6 heterocycles. The number of pyridine rings is 1. The van der Waals surface area contributed by atoms with Crippen LogP contribution in [0.2, 0.25) is 0 Å². The molecule has 24 heteroatoms. The number of esters is 2. The van der Waals surface area contributed by atoms with E-state index < -0.39 is 145 Å². The number of cyclic esters (lactones) is 1. The van der Waals surface area contributed by atoms with Gasteiger partial charge in [-0.15, -0.1) is 0 Å². The smallest absolute Gasteiger partial charge is 0.408 e. The number of carbonyl (C=O) groups is 4. The zero-order valence-corrected chi connectivity index (χ0v) is 53.3. The van der Waals surface area contributed by atoms with Crippen LogP contribution < -0.4 is 10.2 Å². The molecule has 22 atom stereocenters. The van der Waals surface area contributed by atoms with Crippen molar-refractivity contribution >= 4 is 35.3 Å². The summed E-state index contributed by atoms with van der Waals surface area (Å²) in [4.78, 5) is 74.1. The molecule has 85 heavy (non-hydrogen) atoms. The fraction of sp³-hybridized carbons (Fsp3) is 0.836. The average molecular weight is 1210 g/mol. The number of methoxy groups -OCH3 is 2. The van der Waals surface area contributed by atoms with E-state index in [1.165, 1.54) is 21.3 Å². The number of nitrogens with one attached hydrogen (secondary N) is 1. The van der Waals surface area contributed by atoms with E-state index in [0.717, 1.165) is 11.4 Å². The summed E-state index contributed by atoms with van der Waals surface area (Å²) in [5, 5.41) is 29.9. The minimum atomic E-state index is -1.99. The summed E-state index contributed by atoms with van der Waals surface area (Å²) in [7, 11) is 6.31. The van der Waals surface area contributed by atoms with Crippen molar-refractivity contribution in [3.05, 3.63) is 23.9 Å². The first-order chi connectivity index (χ1) is 40.2. The quantitative estimate of drug-likeness (QED) is 0.0938. The average Bonchev–Trinajstić information content (AvgIpc) is 2.40. The number of anilines is 1. The second-order valence-electron chi connectivity index (χ2n) is 25.1. The van der Waals surface area contributed by atoms with Gasteiger partial charge in [-0.25, -0.2) is 9.78 Å². The van der Waals surface area contributed by atoms with Gasteiger partial charge < -0.3 is 87.0 Å². The maximum Gasteiger partial charge on any atom is 0.408 e. The summed E-state index contributed by atoms with van der Waals surface area (Å²) >= 11 is 0. The molecule has 1 unspecified atom stereocenters. The zero-order valence-electron chi connectivity index (χ0n) is 53.3. The molecule has 484 valence electrons. The third-order valence-corrected chi connectivity index (χ3v) is 17.5. The highest BCUT2D eigenvalue weighted by Gasteiger charge is 2.53. The van der Waals surface area contributed by atoms with Crippen molar-refractivity contribution in [1.29, 1.82) is 0 Å². The number of alkyl carbamates (subject to hydrolysis) is 1. The number of hydrogen-bond donors (Lipinski definition) is 3. The Morgan fingerprint density at radius 3 is 2.21 bits per heavy atom. The first-order valence-electron chi connectivity index (χ1n) is 30.5. The number of likely N-dealkylation sites (N-methyl/N-ethyl adjacent to an activating group) is 1. The van der Waals surface area contributed by atoms with Crippen molar-refractivity contribution in [2.75, 3.05) is 72.7 Å². The Hall–Kier alpha value is -4.18. The first-order valence-corrected chi connectivity index (χ1v) is 30.5. The molecule has 6 rings (SSSR count). The van der Waals surface area contributed by atoms with Crippen molar-refractivity contribution in [3.8, 4) is 0 Å². The van der Waals surface area contributed by atoms with Crippen LogP contribution in [-0.2, 0) is 82.6 Å². The number of morpholine rings is 1. The number of oxime groups is 1. The molecule has 3 N–H and O–H groups in total. The van der Waals surface area contributed by atoms with E-state index in [4.69, 9.17) is 61.7 Å². The van der Waals surface area contributed by atoms with Gasteiger partial charge in [-0.2, -0.15) is 0 Å². The summed E-state index contributed by atoms with van der Waals surface area (Å²) in [5.41, 5.74) is -0.982. The van der Waals surface area contributed by atoms with E-state index in [2.05, 4.69) is 32.2 Å². The van der Waals surface area contributed by atoms with Gasteiger partial charge in [-0.1, -0.05) is 53.6 Å². The van der Waals surface area contributed by atoms with Crippen molar-refractivity contribution < 1.29 is 91.1 Å². The second-order valence-corrected chi connectivity index (χ2v) is 25.1. The number of hydrogen-bond acceptors (Lipinski definition) is 23. The van der Waals surface area contributed by atoms with E-state index >= 15 is 9.59 Å². The summed E-state index contributed by atoms with van der Waals surface area (Å²) in [6.45, 7) is 26.3. The van der Waals surface area contributed by atoms with Crippen LogP contribution in [0.3, 0.4) is 0 Å². The molecule has 0 spiro atoms. The van der Waals surface area contributed by atoms with Gasteiger partial charge in [0.25, 0.3) is 0 Å². The SMILES string of the molecule is CON=C1C[C@@H](C)O[C@@H](O[C@@H]2[C@@H](C)[C@H](O[C@H]3CC(C)N(C)C[C@H](C)O3)[C@@H](C)C(=O)O[C@H]([C@@H](C)CO[C@@H]3O[C@H](C)[C@@H](O)[C@@H](OC)[C@H]3OC)[C@H](C)[C@@H](OC(=O)CC(C)C)[C@@H](C)C(=O)[C@@](C)(OC(=O)NCc3ccnc(N4CCOCC4)c3)C[C@@H]2C)[C@@H]1O. The number of ketones is 1. The first kappa shape index (κ1) is 69.9. The number of carbonyl (C=O) groups excluding carboxylic acids is 4. The maximum atomic E-state index is 16.0. The third-order valence-electron chi connectivity index (χ3n) is 17.5. The van der Waals surface area contributed by atoms with Crippen LogP contribution in [0.5, 0.6) is 0 Å². The Labute approximate surface area is 503 Å². The zero-order chi connectivity index (χ0) is 62.6. The van der Waals surface area contributed by atoms with Crippen molar-refractivity contribution in [3.63, 3.8) is 0 Å². The van der Waals surface area contributed by atoms with E-state index in [-0.39, 0.29) is 56.2 Å². The third kappa shape index (κ3) is 18.2. The lowest BCUT2D eigenvalue weighted by Gasteiger charge is -2.45. The predicted molar refractivity (Wildman–Crippen MR) is 311 cm³/mol. The predicted octanol–water partition coefficient (Wildman–Crippen LogP) is 5.44. The van der Waals surface area contributed by atoms with Crippen LogP contribution in [0.15, 0.2) is 23.5 Å². The van der Waals surface area contributed by atoms with Crippen molar-refractivity contribution in [2.45, 2.75) is 220 Å². The Morgan fingerprint density at radius 2 is 1.55 bits per heavy atom. The number of aliphatic hydroxyl groups excluding tert-OH is 2. The molecule has 1 aromatic heterocycles. The summed E-state index contributed by atoms with van der Waals surface area (Å²) in [5.74, 6) is -6.81. The van der Waals surface area contributed by atoms with Gasteiger partial charge in [0.2, 0.25) is 0 Å². The fourth-order valence-electron chi connectivity index (χ4n) is 12.7. The molecule has 5 fully saturated rings. The van der Waals surface area contributed by atoms with Crippen LogP contribution in [0.25, 0.3) is 0 Å². The Balaban J connectivity index is 1.49. The van der Waals surface area contributed by atoms with Gasteiger partial charge in [0.1, 0.15) is 49.6 Å². The van der Waals surface area contributed by atoms with Gasteiger partial charge in [0.05, 0.1) is 67.9 Å². The standard InChI is InChI=1S/C61H101N5O19/c1-32(2)24-46(67)81-52-39(9)51(34(4)31-77-59-55(74-16)54(73-15)48(68)42(12)80-59)83-57(71)41(11)53(82-47-25-35(5)65(14)30-37(7)78-47)38(8)50(84-58-49(69)44(64-75-17)26-36(6)79-58)33(3)28-61(13,56(70)40(52)10)85-60(72)63-29-43-18-19-62-45(27-43)66-20-22-76-23-21-66/h18-19,27,32-42,47-55,58-59,68-69H,20-26,28-31H2,1-17H3,(H,63,72)/t33-,34-,35?,36+,37-,38+,39-,40+,41+,42+,47-,48+,49+,50-,51+,52+,53-,54+,55+,58-,59+,61-/m0/s1. The number of ether oxygens (including phenoxy) is 12. The van der Waals surface area contributed by atoms with Gasteiger partial charge >= 0.3 is 18.0 Å². The van der Waals surface area contributed by atoms with Crippen molar-refractivity contribution in [2.24, 2.45) is 46.6 Å². The molecule has 0 saturated carbocycles. The van der Waals surface area contributed by atoms with Gasteiger partial charge in [-0.05, 0) is 84.5 Å². The van der Waals surface area contributed by atoms with Crippen LogP contribution in [0.1, 0.15) is 121 Å². The molecular formula is C61H101N5O19. The van der Waals surface area contributed by atoms with E-state index in [1.807, 2.05) is 54.7 Å². The summed E-state index contributed by atoms with van der Waals surface area (Å²) < 4.78 is 76.3. The van der Waals surface area contributed by atoms with Gasteiger partial charge in [0.15, 0.2) is 30.3 Å². The highest BCUT2D eigenvalue weighted by molar-refractivity contribution is 5.91. The Bertz CT molecular complexity index is 2330. The Morgan fingerprint density at radius 1 is 0.859 bits per heavy atom. The molecule has 5 aliphatic rings. The van der Waals surface area contributed by atoms with Crippen LogP contribution in [0.4, 0.5) is 10.6 Å². The van der Waals surface area contributed by atoms with Crippen LogP contribution in [-0.4, -0.2) is 215 Å². The molecule has 1 aromatic rings. The number of Topliss-reactive ketones (excluding diaryl/α,β-unsaturated/α-hetero) is 1. The molecule has 5 saturated heterocycles. The van der Waals surface area contributed by atoms with E-state index in [9.17, 15) is 19.8 Å². The lowest BCUT2D eigenvalue weighted by atomic mass is 9.74. The number of amides is 1. The number of nitrogens with zero attached hydrogens (tertiary/aromatic N) is 4. The molecule has 0 aliphatic carbocycles. The molecule has 0 aromatic carbocycles. The second kappa shape index (κ2) is 31.8. The molecular weight excluding hydrogens is 1110 g/mol. The summed E-state index contributed by atoms with van der Waals surface area (Å²) in [6, 6.07) is 3.66. The van der Waals surface area contributed by atoms with Crippen LogP contribution in [0, 0.1) is 41.4 Å². The van der Waals surface area contributed by atoms with Gasteiger partial charge in [0, 0.05) is 89.7 Å². The normalized spacial score (nSPS) is 38.6. The lowest BCUT2D eigenvalue weighted by Crippen LogP contribution is -2.59. The van der Waals surface area contributed by atoms with E-state index in [0.29, 0.717) is 39.3 Å².